The second-order valence-corrected chi connectivity index (χ2v) is 7.47. The van der Waals surface area contributed by atoms with Crippen molar-refractivity contribution in [2.24, 2.45) is 17.3 Å². The molecule has 0 saturated heterocycles. The molecular weight excluding hydrogens is 372 g/mol. The molecule has 0 radical (unpaired) electrons. The Morgan fingerprint density at radius 1 is 1.10 bits per heavy atom. The lowest BCUT2D eigenvalue weighted by atomic mass is 9.92. The monoisotopic (exact) mass is 394 g/mol. The second-order valence-electron chi connectivity index (χ2n) is 7.47. The zero-order valence-electron chi connectivity index (χ0n) is 16.4. The lowest BCUT2D eigenvalue weighted by Gasteiger charge is -2.15. The highest BCUT2D eigenvalue weighted by Crippen LogP contribution is 2.62. The Kier molecular flexibility index (Phi) is 4.53. The number of para-hydroxylation sites is 2. The van der Waals surface area contributed by atoms with E-state index in [2.05, 4.69) is 10.6 Å². The Balaban J connectivity index is 1.55. The summed E-state index contributed by atoms with van der Waals surface area (Å²) >= 11 is 0. The van der Waals surface area contributed by atoms with Gasteiger partial charge in [-0.25, -0.2) is 0 Å². The molecule has 1 unspecified atom stereocenters. The summed E-state index contributed by atoms with van der Waals surface area (Å²) < 4.78 is 10.7. The summed E-state index contributed by atoms with van der Waals surface area (Å²) in [6.07, 6.45) is 0. The van der Waals surface area contributed by atoms with Crippen LogP contribution in [0.5, 0.6) is 11.5 Å². The first-order valence-corrected chi connectivity index (χ1v) is 9.35. The predicted octanol–water partition coefficient (Wildman–Crippen LogP) is 2.41. The fourth-order valence-corrected chi connectivity index (χ4v) is 4.32. The predicted molar refractivity (Wildman–Crippen MR) is 106 cm³/mol. The van der Waals surface area contributed by atoms with E-state index in [-0.39, 0.29) is 24.1 Å². The summed E-state index contributed by atoms with van der Waals surface area (Å²) in [6.45, 7) is 1.89. The molecule has 0 spiro atoms. The average Bonchev–Trinajstić information content (AvgIpc) is 3.39. The minimum absolute atomic E-state index is 0.185. The summed E-state index contributed by atoms with van der Waals surface area (Å²) in [5.74, 6) is -1.11. The number of carbonyl (C=O) groups excluding carboxylic acids is 3. The number of nitrogens with one attached hydrogen (secondary N) is 2. The SMILES string of the molecule is COc1cccc(CNC(=O)[C@@H]2C3C(=O)Nc4ccccc4C(=O)[C@@]32C)c1OC. The van der Waals surface area contributed by atoms with Crippen LogP contribution in [0, 0.1) is 17.3 Å². The van der Waals surface area contributed by atoms with Crippen LogP contribution in [-0.2, 0) is 16.1 Å². The molecule has 3 atom stereocenters. The van der Waals surface area contributed by atoms with Gasteiger partial charge in [0.25, 0.3) is 0 Å². The first-order chi connectivity index (χ1) is 13.9. The quantitative estimate of drug-likeness (QED) is 0.812. The van der Waals surface area contributed by atoms with Crippen LogP contribution in [0.15, 0.2) is 42.5 Å². The lowest BCUT2D eigenvalue weighted by molar-refractivity contribution is -0.125. The van der Waals surface area contributed by atoms with Crippen molar-refractivity contribution < 1.29 is 23.9 Å². The van der Waals surface area contributed by atoms with Crippen LogP contribution in [0.1, 0.15) is 22.8 Å². The molecule has 7 nitrogen and oxygen atoms in total. The molecule has 2 aromatic rings. The van der Waals surface area contributed by atoms with Crippen molar-refractivity contribution in [1.82, 2.24) is 5.32 Å². The van der Waals surface area contributed by atoms with Crippen LogP contribution in [0.25, 0.3) is 0 Å². The fourth-order valence-electron chi connectivity index (χ4n) is 4.32. The zero-order valence-corrected chi connectivity index (χ0v) is 16.4. The van der Waals surface area contributed by atoms with Gasteiger partial charge in [-0.1, -0.05) is 31.2 Å². The van der Waals surface area contributed by atoms with E-state index in [0.29, 0.717) is 22.7 Å². The normalized spacial score (nSPS) is 24.5. The summed E-state index contributed by atoms with van der Waals surface area (Å²) in [6, 6.07) is 12.3. The summed E-state index contributed by atoms with van der Waals surface area (Å²) in [4.78, 5) is 38.7. The van der Waals surface area contributed by atoms with Crippen molar-refractivity contribution in [3.63, 3.8) is 0 Å². The number of rotatable bonds is 5. The molecule has 1 saturated carbocycles. The summed E-state index contributed by atoms with van der Waals surface area (Å²) in [7, 11) is 3.07. The van der Waals surface area contributed by atoms with Gasteiger partial charge in [0.15, 0.2) is 17.3 Å². The van der Waals surface area contributed by atoms with E-state index in [9.17, 15) is 14.4 Å². The number of benzene rings is 2. The topological polar surface area (TPSA) is 93.7 Å². The number of anilines is 1. The van der Waals surface area contributed by atoms with E-state index in [1.165, 1.54) is 7.11 Å². The fraction of sp³-hybridized carbons (Fsp3) is 0.318. The minimum atomic E-state index is -1.04. The van der Waals surface area contributed by atoms with Crippen LogP contribution in [0.2, 0.25) is 0 Å². The molecule has 150 valence electrons. The molecule has 1 aliphatic carbocycles. The number of methoxy groups -OCH3 is 2. The maximum atomic E-state index is 13.1. The number of hydrogen-bond acceptors (Lipinski definition) is 5. The molecule has 0 aromatic heterocycles. The Morgan fingerprint density at radius 2 is 1.86 bits per heavy atom. The third-order valence-corrected chi connectivity index (χ3v) is 5.94. The highest BCUT2D eigenvalue weighted by Gasteiger charge is 2.73. The number of fused-ring (bicyclic) bond motifs is 2. The van der Waals surface area contributed by atoms with Gasteiger partial charge >= 0.3 is 0 Å². The van der Waals surface area contributed by atoms with Crippen molar-refractivity contribution in [3.05, 3.63) is 53.6 Å². The van der Waals surface area contributed by atoms with Crippen LogP contribution < -0.4 is 20.1 Å². The van der Waals surface area contributed by atoms with E-state index in [0.717, 1.165) is 5.56 Å². The number of hydrogen-bond donors (Lipinski definition) is 2. The maximum absolute atomic E-state index is 13.1. The molecule has 0 bridgehead atoms. The highest BCUT2D eigenvalue weighted by atomic mass is 16.5. The third kappa shape index (κ3) is 2.85. The Labute approximate surface area is 168 Å². The van der Waals surface area contributed by atoms with Crippen molar-refractivity contribution >= 4 is 23.3 Å². The van der Waals surface area contributed by atoms with Crippen molar-refractivity contribution in [2.75, 3.05) is 19.5 Å². The van der Waals surface area contributed by atoms with E-state index in [1.54, 1.807) is 50.4 Å². The Morgan fingerprint density at radius 3 is 2.59 bits per heavy atom. The first-order valence-electron chi connectivity index (χ1n) is 9.35. The van der Waals surface area contributed by atoms with Crippen molar-refractivity contribution in [3.8, 4) is 11.5 Å². The molecule has 2 amide bonds. The van der Waals surface area contributed by atoms with Gasteiger partial charge in [-0.15, -0.1) is 0 Å². The van der Waals surface area contributed by atoms with Gasteiger partial charge in [-0.2, -0.15) is 0 Å². The van der Waals surface area contributed by atoms with Crippen LogP contribution in [-0.4, -0.2) is 31.8 Å². The van der Waals surface area contributed by atoms with Gasteiger partial charge in [-0.3, -0.25) is 14.4 Å². The van der Waals surface area contributed by atoms with E-state index < -0.39 is 17.3 Å². The lowest BCUT2D eigenvalue weighted by Crippen LogP contribution is -2.29. The molecule has 2 aromatic carbocycles. The molecule has 1 aliphatic heterocycles. The van der Waals surface area contributed by atoms with Crippen LogP contribution >= 0.6 is 0 Å². The van der Waals surface area contributed by atoms with Gasteiger partial charge in [0, 0.05) is 17.7 Å². The van der Waals surface area contributed by atoms with Gasteiger partial charge < -0.3 is 20.1 Å². The number of ketones is 1. The van der Waals surface area contributed by atoms with Gasteiger partial charge in [-0.05, 0) is 18.2 Å². The molecule has 4 rings (SSSR count). The van der Waals surface area contributed by atoms with E-state index >= 15 is 0 Å². The van der Waals surface area contributed by atoms with Crippen LogP contribution in [0.4, 0.5) is 5.69 Å². The highest BCUT2D eigenvalue weighted by molar-refractivity contribution is 6.19. The van der Waals surface area contributed by atoms with Gasteiger partial charge in [0.2, 0.25) is 11.8 Å². The Hall–Kier alpha value is -3.35. The molecule has 29 heavy (non-hydrogen) atoms. The minimum Gasteiger partial charge on any atom is -0.493 e. The summed E-state index contributed by atoms with van der Waals surface area (Å²) in [5, 5.41) is 5.63. The van der Waals surface area contributed by atoms with Crippen molar-refractivity contribution in [2.45, 2.75) is 13.5 Å². The van der Waals surface area contributed by atoms with Crippen molar-refractivity contribution in [1.29, 1.82) is 0 Å². The number of amides is 2. The number of ether oxygens (including phenoxy) is 2. The standard InChI is InChI=1S/C22H22N2O5/c1-22-16(17(22)21(27)24-14-9-5-4-8-13(14)19(22)25)20(26)23-11-12-7-6-10-15(28-2)18(12)29-3/h4-10,16-17H,11H2,1-3H3,(H,23,26)(H,24,27)/t16-,17?,22+/m0/s1. The number of Topliss-reactive ketones (excluding diaryl/α,β-unsaturated/α-hetero) is 1. The smallest absolute Gasteiger partial charge is 0.229 e. The first kappa shape index (κ1) is 19.0. The molecule has 2 N–H and O–H groups in total. The second kappa shape index (κ2) is 6.92. The third-order valence-electron chi connectivity index (χ3n) is 5.94. The van der Waals surface area contributed by atoms with E-state index in [4.69, 9.17) is 9.47 Å². The van der Waals surface area contributed by atoms with Gasteiger partial charge in [0.05, 0.1) is 37.2 Å². The summed E-state index contributed by atoms with van der Waals surface area (Å²) in [5.41, 5.74) is 0.637. The number of carbonyl (C=O) groups is 3. The van der Waals surface area contributed by atoms with Crippen LogP contribution in [0.3, 0.4) is 0 Å². The Bertz CT molecular complexity index is 1020. The zero-order chi connectivity index (χ0) is 20.8. The molecule has 1 fully saturated rings. The van der Waals surface area contributed by atoms with Gasteiger partial charge in [0.1, 0.15) is 0 Å². The van der Waals surface area contributed by atoms with E-state index in [1.807, 2.05) is 6.07 Å². The molecule has 7 heteroatoms. The largest absolute Gasteiger partial charge is 0.493 e. The molecule has 1 heterocycles. The molecule has 2 aliphatic rings. The maximum Gasteiger partial charge on any atom is 0.229 e. The molecular formula is C22H22N2O5. The average molecular weight is 394 g/mol.